The fourth-order valence-corrected chi connectivity index (χ4v) is 0.434. The van der Waals surface area contributed by atoms with E-state index in [1.807, 2.05) is 0 Å². The smallest absolute Gasteiger partial charge is 0.148 e. The summed E-state index contributed by atoms with van der Waals surface area (Å²) in [7, 11) is 0. The fraction of sp³-hybridized carbons (Fsp3) is 0.333. The Morgan fingerprint density at radius 1 is 1.89 bits per heavy atom. The van der Waals surface area contributed by atoms with E-state index in [1.165, 1.54) is 6.26 Å². The van der Waals surface area contributed by atoms with Crippen LogP contribution in [0.3, 0.4) is 0 Å². The molecule has 45 valence electrons. The van der Waals surface area contributed by atoms with Gasteiger partial charge in [0, 0.05) is 5.27 Å². The number of hydrogen-bond donors (Lipinski definition) is 0. The molecule has 0 aromatic carbocycles. The Morgan fingerprint density at radius 2 is 2.67 bits per heavy atom. The second kappa shape index (κ2) is 2.31. The van der Waals surface area contributed by atoms with E-state index in [0.717, 1.165) is 0 Å². The van der Waals surface area contributed by atoms with Crippen LogP contribution in [0, 0.1) is 12.3 Å². The highest BCUT2D eigenvalue weighted by atomic mass is 16.5. The van der Waals surface area contributed by atoms with Gasteiger partial charge >= 0.3 is 0 Å². The van der Waals surface area contributed by atoms with Crippen molar-refractivity contribution in [3.8, 4) is 5.92 Å². The monoisotopic (exact) mass is 121 g/mol. The molecule has 0 N–H and O–H groups in total. The van der Waals surface area contributed by atoms with E-state index in [1.54, 1.807) is 6.92 Å². The van der Waals surface area contributed by atoms with Crippen LogP contribution in [0.1, 0.15) is 18.5 Å². The van der Waals surface area contributed by atoms with Crippen LogP contribution in [0.15, 0.2) is 10.8 Å². The van der Waals surface area contributed by atoms with Gasteiger partial charge < -0.3 is 4.52 Å². The van der Waals surface area contributed by atoms with Gasteiger partial charge in [-0.05, 0) is 13.3 Å². The zero-order chi connectivity index (χ0) is 6.69. The second-order valence-corrected chi connectivity index (χ2v) is 1.70. The van der Waals surface area contributed by atoms with Crippen LogP contribution in [0.25, 0.3) is 0 Å². The summed E-state index contributed by atoms with van der Waals surface area (Å²) in [6, 6.07) is 0. The average molecular weight is 121 g/mol. The lowest BCUT2D eigenvalue weighted by Gasteiger charge is -1.90. The Hall–Kier alpha value is -1.30. The molecule has 1 rings (SSSR count). The molecule has 0 aliphatic rings. The maximum absolute atomic E-state index is 6.73. The van der Waals surface area contributed by atoms with Crippen molar-refractivity contribution in [2.45, 2.75) is 12.8 Å². The van der Waals surface area contributed by atoms with Gasteiger partial charge in [0.15, 0.2) is 0 Å². The lowest BCUT2D eigenvalue weighted by atomic mass is 10.1. The topological polar surface area (TPSA) is 38.9 Å². The van der Waals surface area contributed by atoms with E-state index in [9.17, 15) is 0 Å². The maximum atomic E-state index is 6.73. The number of aromatic nitrogens is 2. The van der Waals surface area contributed by atoms with Crippen LogP contribution in [0.5, 0.6) is 0 Å². The van der Waals surface area contributed by atoms with Gasteiger partial charge in [-0.25, -0.2) is 0 Å². The fourth-order valence-electron chi connectivity index (χ4n) is 0.434. The number of nitrogens with zero attached hydrogens (tertiary/aromatic N) is 2. The first kappa shape index (κ1) is 5.83. The van der Waals surface area contributed by atoms with Gasteiger partial charge in [0.05, 0.1) is 5.92 Å². The van der Waals surface area contributed by atoms with Crippen molar-refractivity contribution in [2.75, 3.05) is 0 Å². The molecular formula is C6H5N2O. The Kier molecular flexibility index (Phi) is 1.50. The van der Waals surface area contributed by atoms with Crippen LogP contribution in [-0.2, 0) is 0 Å². The van der Waals surface area contributed by atoms with Gasteiger partial charge in [-0.15, -0.1) is 5.10 Å². The van der Waals surface area contributed by atoms with Gasteiger partial charge in [-0.2, -0.15) is 0 Å². The summed E-state index contributed by atoms with van der Waals surface area (Å²) in [5.41, 5.74) is 0.644. The summed E-state index contributed by atoms with van der Waals surface area (Å²) in [5.74, 6) is 2.14. The molecule has 1 aromatic rings. The minimum atomic E-state index is -0.115. The molecule has 3 heteroatoms. The van der Waals surface area contributed by atoms with Gasteiger partial charge in [0.1, 0.15) is 12.0 Å². The molecule has 0 fully saturated rings. The molecule has 0 spiro atoms. The van der Waals surface area contributed by atoms with Crippen molar-refractivity contribution < 1.29 is 4.52 Å². The molecule has 0 aliphatic carbocycles. The Labute approximate surface area is 53.0 Å². The van der Waals surface area contributed by atoms with Gasteiger partial charge in [0.25, 0.3) is 0 Å². The summed E-state index contributed by atoms with van der Waals surface area (Å²) in [6.45, 7) is 1.80. The predicted molar refractivity (Wildman–Crippen MR) is 29.8 cm³/mol. The summed E-state index contributed by atoms with van der Waals surface area (Å²) in [6.07, 6.45) is 8.13. The molecule has 0 amide bonds. The molecule has 1 aromatic heterocycles. The van der Waals surface area contributed by atoms with Crippen LogP contribution >= 0.6 is 0 Å². The van der Waals surface area contributed by atoms with E-state index in [4.69, 9.17) is 6.42 Å². The highest BCUT2D eigenvalue weighted by molar-refractivity contribution is 5.09. The van der Waals surface area contributed by atoms with E-state index in [0.29, 0.717) is 5.69 Å². The highest BCUT2D eigenvalue weighted by Crippen LogP contribution is 2.07. The van der Waals surface area contributed by atoms with Crippen LogP contribution in [-0.4, -0.2) is 10.4 Å². The maximum Gasteiger partial charge on any atom is 0.148 e. The van der Waals surface area contributed by atoms with Crippen molar-refractivity contribution >= 4 is 0 Å². The third-order valence-electron chi connectivity index (χ3n) is 1.04. The zero-order valence-corrected chi connectivity index (χ0v) is 4.96. The van der Waals surface area contributed by atoms with Crippen molar-refractivity contribution in [2.24, 2.45) is 0 Å². The average Bonchev–Trinajstić information content (AvgIpc) is 2.37. The van der Waals surface area contributed by atoms with Crippen molar-refractivity contribution in [1.82, 2.24) is 10.4 Å². The third-order valence-corrected chi connectivity index (χ3v) is 1.04. The molecule has 3 nitrogen and oxygen atoms in total. The summed E-state index contributed by atoms with van der Waals surface area (Å²) in [4.78, 5) is 0. The van der Waals surface area contributed by atoms with E-state index < -0.39 is 0 Å². The number of hydrogen-bond acceptors (Lipinski definition) is 3. The molecular weight excluding hydrogens is 116 g/mol. The van der Waals surface area contributed by atoms with Crippen LogP contribution in [0.2, 0.25) is 0 Å². The van der Waals surface area contributed by atoms with Crippen LogP contribution in [0.4, 0.5) is 0 Å². The Bertz CT molecular complexity index is 209. The normalized spacial score (nSPS) is 12.4. The first-order chi connectivity index (χ1) is 4.34. The lowest BCUT2D eigenvalue weighted by molar-refractivity contribution is 0.392. The quantitative estimate of drug-likeness (QED) is 0.515. The molecule has 9 heavy (non-hydrogen) atoms. The summed E-state index contributed by atoms with van der Waals surface area (Å²) in [5, 5.41) is 6.83. The number of rotatable bonds is 1. The molecule has 0 aliphatic heterocycles. The third kappa shape index (κ3) is 1.08. The van der Waals surface area contributed by atoms with Gasteiger partial charge in [0.2, 0.25) is 0 Å². The molecule has 1 unspecified atom stereocenters. The van der Waals surface area contributed by atoms with Gasteiger partial charge in [-0.3, -0.25) is 0 Å². The van der Waals surface area contributed by atoms with E-state index in [2.05, 4.69) is 20.8 Å². The first-order valence-electron chi connectivity index (χ1n) is 2.54. The first-order valence-corrected chi connectivity index (χ1v) is 2.54. The van der Waals surface area contributed by atoms with Crippen LogP contribution < -0.4 is 0 Å². The summed E-state index contributed by atoms with van der Waals surface area (Å²) >= 11 is 0. The molecule has 0 saturated carbocycles. The summed E-state index contributed by atoms with van der Waals surface area (Å²) < 4.78 is 4.45. The van der Waals surface area contributed by atoms with Crippen molar-refractivity contribution in [1.29, 1.82) is 0 Å². The zero-order valence-electron chi connectivity index (χ0n) is 4.96. The van der Waals surface area contributed by atoms with E-state index in [-0.39, 0.29) is 5.92 Å². The standard InChI is InChI=1S/C6H5N2O/c1-3-5(2)6-4-9-8-7-6/h4-5H,2H3. The largest absolute Gasteiger partial charge is 0.345 e. The highest BCUT2D eigenvalue weighted by Gasteiger charge is 2.03. The lowest BCUT2D eigenvalue weighted by Crippen LogP contribution is -1.88. The second-order valence-electron chi connectivity index (χ2n) is 1.70. The minimum Gasteiger partial charge on any atom is -0.345 e. The minimum absolute atomic E-state index is 0.115. The van der Waals surface area contributed by atoms with Crippen molar-refractivity contribution in [3.05, 3.63) is 18.4 Å². The van der Waals surface area contributed by atoms with Crippen molar-refractivity contribution in [3.63, 3.8) is 0 Å². The SMILES string of the molecule is [C]#CC(C)c1conn1. The molecule has 0 saturated heterocycles. The van der Waals surface area contributed by atoms with Gasteiger partial charge in [-0.1, -0.05) is 5.92 Å². The predicted octanol–water partition coefficient (Wildman–Crippen LogP) is 0.763. The molecule has 0 bridgehead atoms. The Balaban J connectivity index is 2.80. The molecule has 1 heterocycles. The molecule has 1 radical (unpaired) electrons. The Morgan fingerprint density at radius 3 is 3.11 bits per heavy atom. The van der Waals surface area contributed by atoms with E-state index >= 15 is 0 Å². The molecule has 1 atom stereocenters.